The third-order valence-electron chi connectivity index (χ3n) is 2.65. The van der Waals surface area contributed by atoms with Crippen LogP contribution in [0.1, 0.15) is 25.3 Å². The molecule has 17 heavy (non-hydrogen) atoms. The lowest BCUT2D eigenvalue weighted by Crippen LogP contribution is -1.95. The van der Waals surface area contributed by atoms with E-state index in [-0.39, 0.29) is 17.4 Å². The van der Waals surface area contributed by atoms with Crippen LogP contribution in [0.5, 0.6) is 5.75 Å². The Kier molecular flexibility index (Phi) is 4.58. The molecule has 0 bridgehead atoms. The van der Waals surface area contributed by atoms with Crippen LogP contribution in [-0.2, 0) is 0 Å². The van der Waals surface area contributed by atoms with Gasteiger partial charge < -0.3 is 10.2 Å². The second-order valence-electron chi connectivity index (χ2n) is 3.99. The van der Waals surface area contributed by atoms with Crippen molar-refractivity contribution in [2.24, 2.45) is 0 Å². The van der Waals surface area contributed by atoms with Gasteiger partial charge in [0.1, 0.15) is 5.75 Å². The molecule has 1 aromatic carbocycles. The summed E-state index contributed by atoms with van der Waals surface area (Å²) < 4.78 is 0. The van der Waals surface area contributed by atoms with E-state index in [9.17, 15) is 5.11 Å². The van der Waals surface area contributed by atoms with Gasteiger partial charge >= 0.3 is 0 Å². The highest BCUT2D eigenvalue weighted by molar-refractivity contribution is 5.37. The van der Waals surface area contributed by atoms with E-state index in [0.717, 1.165) is 11.1 Å². The topological polar surface area (TPSA) is 40.5 Å². The Balaban J connectivity index is 2.97. The number of hydrogen-bond acceptors (Lipinski definition) is 2. The van der Waals surface area contributed by atoms with Gasteiger partial charge in [-0.15, -0.1) is 0 Å². The summed E-state index contributed by atoms with van der Waals surface area (Å²) in [6.45, 7) is 7.46. The zero-order valence-electron chi connectivity index (χ0n) is 10.2. The fourth-order valence-electron chi connectivity index (χ4n) is 1.56. The van der Waals surface area contributed by atoms with E-state index in [2.05, 4.69) is 13.5 Å². The Hall–Kier alpha value is -1.96. The van der Waals surface area contributed by atoms with Crippen LogP contribution in [0.3, 0.4) is 0 Å². The molecule has 1 atom stereocenters. The molecule has 0 aliphatic rings. The Morgan fingerprint density at radius 3 is 2.29 bits per heavy atom. The Bertz CT molecular complexity index is 434. The SMILES string of the molecule is C=C/C(=C\C=C(/C)O)C(C)c1ccc(O)cc1. The van der Waals surface area contributed by atoms with Crippen LogP contribution in [-0.4, -0.2) is 10.2 Å². The van der Waals surface area contributed by atoms with Crippen molar-refractivity contribution in [3.63, 3.8) is 0 Å². The first-order valence-corrected chi connectivity index (χ1v) is 5.53. The van der Waals surface area contributed by atoms with Crippen LogP contribution < -0.4 is 0 Å². The van der Waals surface area contributed by atoms with Crippen molar-refractivity contribution < 1.29 is 10.2 Å². The first kappa shape index (κ1) is 13.1. The number of rotatable bonds is 4. The van der Waals surface area contributed by atoms with Crippen molar-refractivity contribution in [2.75, 3.05) is 0 Å². The minimum atomic E-state index is 0.170. The van der Waals surface area contributed by atoms with Crippen LogP contribution in [0.15, 0.2) is 60.4 Å². The number of phenols is 1. The van der Waals surface area contributed by atoms with Crippen LogP contribution in [0.2, 0.25) is 0 Å². The molecule has 0 spiro atoms. The van der Waals surface area contributed by atoms with Gasteiger partial charge in [-0.05, 0) is 36.3 Å². The molecule has 0 saturated heterocycles. The molecule has 2 heteroatoms. The predicted octanol–water partition coefficient (Wildman–Crippen LogP) is 4.07. The van der Waals surface area contributed by atoms with Crippen molar-refractivity contribution in [1.29, 1.82) is 0 Å². The van der Waals surface area contributed by atoms with Gasteiger partial charge in [-0.25, -0.2) is 0 Å². The molecule has 0 aromatic heterocycles. The molecule has 2 N–H and O–H groups in total. The maximum absolute atomic E-state index is 9.23. The van der Waals surface area contributed by atoms with Crippen LogP contribution >= 0.6 is 0 Å². The van der Waals surface area contributed by atoms with E-state index in [4.69, 9.17) is 5.11 Å². The van der Waals surface area contributed by atoms with E-state index < -0.39 is 0 Å². The highest BCUT2D eigenvalue weighted by Crippen LogP contribution is 2.26. The molecule has 0 aliphatic heterocycles. The molecule has 2 nitrogen and oxygen atoms in total. The maximum atomic E-state index is 9.23. The molecule has 0 heterocycles. The number of hydrogen-bond donors (Lipinski definition) is 2. The third-order valence-corrected chi connectivity index (χ3v) is 2.65. The standard InChI is InChI=1S/C15H18O2/c1-4-13(6-5-11(2)16)12(3)14-7-9-15(17)10-8-14/h4-10,12,16-17H,1H2,2-3H3/b11-5+,13-6+. The quantitative estimate of drug-likeness (QED) is 0.604. The Morgan fingerprint density at radius 1 is 1.24 bits per heavy atom. The van der Waals surface area contributed by atoms with Gasteiger partial charge in [0, 0.05) is 5.92 Å². The summed E-state index contributed by atoms with van der Waals surface area (Å²) in [5.41, 5.74) is 2.11. The zero-order valence-corrected chi connectivity index (χ0v) is 10.2. The van der Waals surface area contributed by atoms with Crippen molar-refractivity contribution in [2.45, 2.75) is 19.8 Å². The van der Waals surface area contributed by atoms with Gasteiger partial charge in [-0.1, -0.05) is 37.8 Å². The Morgan fingerprint density at radius 2 is 1.82 bits per heavy atom. The smallest absolute Gasteiger partial charge is 0.115 e. The molecule has 0 radical (unpaired) electrons. The molecular weight excluding hydrogens is 212 g/mol. The molecule has 90 valence electrons. The Labute approximate surface area is 102 Å². The molecule has 1 unspecified atom stereocenters. The van der Waals surface area contributed by atoms with Crippen LogP contribution in [0.25, 0.3) is 0 Å². The largest absolute Gasteiger partial charge is 0.513 e. The summed E-state index contributed by atoms with van der Waals surface area (Å²) in [4.78, 5) is 0. The lowest BCUT2D eigenvalue weighted by atomic mass is 9.92. The van der Waals surface area contributed by atoms with Crippen molar-refractivity contribution in [3.8, 4) is 5.75 Å². The van der Waals surface area contributed by atoms with E-state index in [0.29, 0.717) is 0 Å². The van der Waals surface area contributed by atoms with Gasteiger partial charge in [0.2, 0.25) is 0 Å². The third kappa shape index (κ3) is 3.83. The minimum absolute atomic E-state index is 0.170. The normalized spacial score (nSPS) is 14.5. The highest BCUT2D eigenvalue weighted by Gasteiger charge is 2.08. The summed E-state index contributed by atoms with van der Waals surface area (Å²) >= 11 is 0. The fraction of sp³-hybridized carbons (Fsp3) is 0.200. The van der Waals surface area contributed by atoms with Crippen molar-refractivity contribution in [1.82, 2.24) is 0 Å². The number of allylic oxidation sites excluding steroid dienone is 5. The monoisotopic (exact) mass is 230 g/mol. The fourth-order valence-corrected chi connectivity index (χ4v) is 1.56. The number of aromatic hydroxyl groups is 1. The van der Waals surface area contributed by atoms with Gasteiger partial charge in [-0.2, -0.15) is 0 Å². The lowest BCUT2D eigenvalue weighted by molar-refractivity contribution is 0.414. The van der Waals surface area contributed by atoms with Crippen molar-refractivity contribution >= 4 is 0 Å². The molecule has 1 rings (SSSR count). The summed E-state index contributed by atoms with van der Waals surface area (Å²) in [6.07, 6.45) is 5.27. The van der Waals surface area contributed by atoms with Gasteiger partial charge in [0.05, 0.1) is 5.76 Å². The number of phenolic OH excluding ortho intramolecular Hbond substituents is 1. The van der Waals surface area contributed by atoms with E-state index in [1.165, 1.54) is 0 Å². The van der Waals surface area contributed by atoms with Gasteiger partial charge in [0.15, 0.2) is 0 Å². The lowest BCUT2D eigenvalue weighted by Gasteiger charge is -2.13. The van der Waals surface area contributed by atoms with Crippen LogP contribution in [0.4, 0.5) is 0 Å². The molecule has 0 saturated carbocycles. The number of aliphatic hydroxyl groups excluding tert-OH is 1. The average Bonchev–Trinajstić information content (AvgIpc) is 2.30. The van der Waals surface area contributed by atoms with Crippen LogP contribution in [0, 0.1) is 0 Å². The second kappa shape index (κ2) is 5.94. The van der Waals surface area contributed by atoms with Gasteiger partial charge in [-0.3, -0.25) is 0 Å². The minimum Gasteiger partial charge on any atom is -0.513 e. The number of aliphatic hydroxyl groups is 1. The molecule has 1 aromatic rings. The summed E-state index contributed by atoms with van der Waals surface area (Å²) in [5, 5.41) is 18.4. The molecule has 0 fully saturated rings. The van der Waals surface area contributed by atoms with E-state index >= 15 is 0 Å². The highest BCUT2D eigenvalue weighted by atomic mass is 16.3. The number of benzene rings is 1. The summed E-state index contributed by atoms with van der Waals surface area (Å²) in [7, 11) is 0. The van der Waals surface area contributed by atoms with E-state index in [1.54, 1.807) is 31.2 Å². The molecule has 0 amide bonds. The second-order valence-corrected chi connectivity index (χ2v) is 3.99. The zero-order chi connectivity index (χ0) is 12.8. The molecular formula is C15H18O2. The van der Waals surface area contributed by atoms with Crippen molar-refractivity contribution in [3.05, 3.63) is 66.0 Å². The molecule has 0 aliphatic carbocycles. The van der Waals surface area contributed by atoms with Gasteiger partial charge in [0.25, 0.3) is 0 Å². The summed E-state index contributed by atoms with van der Waals surface area (Å²) in [5.74, 6) is 0.696. The van der Waals surface area contributed by atoms with E-state index in [1.807, 2.05) is 18.2 Å². The average molecular weight is 230 g/mol. The first-order chi connectivity index (χ1) is 8.04. The predicted molar refractivity (Wildman–Crippen MR) is 71.2 cm³/mol. The first-order valence-electron chi connectivity index (χ1n) is 5.53. The maximum Gasteiger partial charge on any atom is 0.115 e. The summed E-state index contributed by atoms with van der Waals surface area (Å²) in [6, 6.07) is 7.10.